The zero-order valence-electron chi connectivity index (χ0n) is 17.0. The van der Waals surface area contributed by atoms with Crippen LogP contribution < -0.4 is 10.0 Å². The number of sulfonamides is 1. The summed E-state index contributed by atoms with van der Waals surface area (Å²) in [6.45, 7) is 10.1. The van der Waals surface area contributed by atoms with Crippen LogP contribution in [0.4, 0.5) is 5.13 Å². The van der Waals surface area contributed by atoms with Gasteiger partial charge in [-0.2, -0.15) is 0 Å². The molecule has 1 aliphatic heterocycles. The molecule has 2 unspecified atom stereocenters. The fourth-order valence-corrected chi connectivity index (χ4v) is 5.05. The summed E-state index contributed by atoms with van der Waals surface area (Å²) in [5.41, 5.74) is 1.12. The molecular weight excluding hydrogens is 424 g/mol. The summed E-state index contributed by atoms with van der Waals surface area (Å²) < 4.78 is 32.6. The van der Waals surface area contributed by atoms with Crippen molar-refractivity contribution in [3.8, 4) is 0 Å². The zero-order chi connectivity index (χ0) is 21.7. The van der Waals surface area contributed by atoms with E-state index in [0.717, 1.165) is 18.8 Å². The SMILES string of the molecule is C=CCNS(=O)(=O)c1cccc(C(=O)Nc2nc(CN3CC(C)OC(C)C3)cs2)c1. The van der Waals surface area contributed by atoms with Crippen molar-refractivity contribution >= 4 is 32.4 Å². The quantitative estimate of drug-likeness (QED) is 0.599. The van der Waals surface area contributed by atoms with Gasteiger partial charge in [0.25, 0.3) is 5.91 Å². The molecule has 0 aliphatic carbocycles. The Hall–Kier alpha value is -2.11. The number of morpholine rings is 1. The van der Waals surface area contributed by atoms with Gasteiger partial charge in [-0.3, -0.25) is 15.0 Å². The van der Waals surface area contributed by atoms with Crippen LogP contribution in [0.3, 0.4) is 0 Å². The van der Waals surface area contributed by atoms with E-state index in [9.17, 15) is 13.2 Å². The first-order valence-corrected chi connectivity index (χ1v) is 12.0. The van der Waals surface area contributed by atoms with Crippen molar-refractivity contribution in [3.63, 3.8) is 0 Å². The molecule has 1 aromatic heterocycles. The number of thiazole rings is 1. The van der Waals surface area contributed by atoms with Crippen LogP contribution >= 0.6 is 11.3 Å². The molecule has 2 atom stereocenters. The summed E-state index contributed by atoms with van der Waals surface area (Å²) in [4.78, 5) is 19.4. The fourth-order valence-electron chi connectivity index (χ4n) is 3.31. The van der Waals surface area contributed by atoms with Gasteiger partial charge in [0.1, 0.15) is 0 Å². The summed E-state index contributed by atoms with van der Waals surface area (Å²) >= 11 is 1.34. The van der Waals surface area contributed by atoms with E-state index in [1.165, 1.54) is 35.6 Å². The lowest BCUT2D eigenvalue weighted by atomic mass is 10.2. The van der Waals surface area contributed by atoms with E-state index >= 15 is 0 Å². The number of amides is 1. The van der Waals surface area contributed by atoms with Crippen molar-refractivity contribution in [1.82, 2.24) is 14.6 Å². The third kappa shape index (κ3) is 5.96. The largest absolute Gasteiger partial charge is 0.373 e. The maximum atomic E-state index is 12.6. The number of hydrogen-bond donors (Lipinski definition) is 2. The topological polar surface area (TPSA) is 101 Å². The maximum absolute atomic E-state index is 12.6. The molecule has 3 rings (SSSR count). The molecular formula is C20H26N4O4S2. The average molecular weight is 451 g/mol. The lowest BCUT2D eigenvalue weighted by Gasteiger charge is -2.34. The second-order valence-electron chi connectivity index (χ2n) is 7.22. The number of carbonyl (C=O) groups is 1. The lowest BCUT2D eigenvalue weighted by Crippen LogP contribution is -2.44. The number of nitrogens with zero attached hydrogens (tertiary/aromatic N) is 2. The first kappa shape index (κ1) is 22.6. The molecule has 1 fully saturated rings. The van der Waals surface area contributed by atoms with Crippen LogP contribution in [0.2, 0.25) is 0 Å². The number of aromatic nitrogens is 1. The molecule has 0 spiro atoms. The summed E-state index contributed by atoms with van der Waals surface area (Å²) in [5, 5.41) is 5.14. The molecule has 1 aliphatic rings. The molecule has 30 heavy (non-hydrogen) atoms. The molecule has 2 aromatic rings. The molecule has 1 saturated heterocycles. The molecule has 10 heteroatoms. The van der Waals surface area contributed by atoms with E-state index in [4.69, 9.17) is 4.74 Å². The summed E-state index contributed by atoms with van der Waals surface area (Å²) in [6, 6.07) is 5.87. The molecule has 0 saturated carbocycles. The molecule has 0 bridgehead atoms. The van der Waals surface area contributed by atoms with Crippen LogP contribution in [0.25, 0.3) is 0 Å². The van der Waals surface area contributed by atoms with Gasteiger partial charge >= 0.3 is 0 Å². The third-order valence-corrected chi connectivity index (χ3v) is 6.71. The van der Waals surface area contributed by atoms with Crippen molar-refractivity contribution in [2.75, 3.05) is 25.0 Å². The average Bonchev–Trinajstić information content (AvgIpc) is 3.12. The van der Waals surface area contributed by atoms with Crippen molar-refractivity contribution < 1.29 is 17.9 Å². The van der Waals surface area contributed by atoms with Crippen LogP contribution in [0.1, 0.15) is 29.9 Å². The monoisotopic (exact) mass is 450 g/mol. The van der Waals surface area contributed by atoms with Crippen LogP contribution in [0.15, 0.2) is 47.2 Å². The first-order valence-electron chi connectivity index (χ1n) is 9.61. The Bertz CT molecular complexity index is 996. The summed E-state index contributed by atoms with van der Waals surface area (Å²) in [7, 11) is -3.70. The molecule has 2 heterocycles. The number of anilines is 1. The minimum absolute atomic E-state index is 0.0207. The normalized spacial score (nSPS) is 20.1. The van der Waals surface area contributed by atoms with Crippen molar-refractivity contribution in [2.24, 2.45) is 0 Å². The molecule has 1 aromatic carbocycles. The van der Waals surface area contributed by atoms with Gasteiger partial charge < -0.3 is 4.74 Å². The second kappa shape index (κ2) is 9.80. The minimum Gasteiger partial charge on any atom is -0.373 e. The minimum atomic E-state index is -3.70. The van der Waals surface area contributed by atoms with Gasteiger partial charge in [-0.15, -0.1) is 17.9 Å². The van der Waals surface area contributed by atoms with Gasteiger partial charge in [-0.25, -0.2) is 18.1 Å². The number of ether oxygens (including phenoxy) is 1. The summed E-state index contributed by atoms with van der Waals surface area (Å²) in [5.74, 6) is -0.412. The van der Waals surface area contributed by atoms with E-state index in [1.54, 1.807) is 6.07 Å². The van der Waals surface area contributed by atoms with Gasteiger partial charge in [0.2, 0.25) is 10.0 Å². The fraction of sp³-hybridized carbons (Fsp3) is 0.400. The van der Waals surface area contributed by atoms with Gasteiger partial charge in [0, 0.05) is 37.1 Å². The Balaban J connectivity index is 1.64. The number of nitrogens with one attached hydrogen (secondary N) is 2. The summed E-state index contributed by atoms with van der Waals surface area (Å²) in [6.07, 6.45) is 1.80. The predicted molar refractivity (Wildman–Crippen MR) is 117 cm³/mol. The molecule has 162 valence electrons. The highest BCUT2D eigenvalue weighted by atomic mass is 32.2. The van der Waals surface area contributed by atoms with Crippen LogP contribution in [0, 0.1) is 0 Å². The molecule has 1 amide bonds. The number of rotatable bonds is 8. The van der Waals surface area contributed by atoms with E-state index in [2.05, 4.69) is 40.3 Å². The number of benzene rings is 1. The van der Waals surface area contributed by atoms with Crippen LogP contribution in [-0.2, 0) is 21.3 Å². The predicted octanol–water partition coefficient (Wildman–Crippen LogP) is 2.47. The Morgan fingerprint density at radius 1 is 1.37 bits per heavy atom. The highest BCUT2D eigenvalue weighted by Gasteiger charge is 2.23. The van der Waals surface area contributed by atoms with Gasteiger partial charge in [0.15, 0.2) is 5.13 Å². The lowest BCUT2D eigenvalue weighted by molar-refractivity contribution is -0.0707. The van der Waals surface area contributed by atoms with Gasteiger partial charge in [0.05, 0.1) is 22.8 Å². The Morgan fingerprint density at radius 3 is 2.80 bits per heavy atom. The van der Waals surface area contributed by atoms with Crippen LogP contribution in [-0.4, -0.2) is 56.1 Å². The Labute approximate surface area is 181 Å². The smallest absolute Gasteiger partial charge is 0.257 e. The Kier molecular flexibility index (Phi) is 7.37. The molecule has 8 nitrogen and oxygen atoms in total. The first-order chi connectivity index (χ1) is 14.3. The number of hydrogen-bond acceptors (Lipinski definition) is 7. The highest BCUT2D eigenvalue weighted by Crippen LogP contribution is 2.20. The number of carbonyl (C=O) groups excluding carboxylic acids is 1. The third-order valence-electron chi connectivity index (χ3n) is 4.48. The van der Waals surface area contributed by atoms with E-state index in [1.807, 2.05) is 5.38 Å². The standard InChI is InChI=1S/C20H26N4O4S2/c1-4-8-21-30(26,27)18-7-5-6-16(9-18)19(25)23-20-22-17(13-29-20)12-24-10-14(2)28-15(3)11-24/h4-7,9,13-15,21H,1,8,10-12H2,2-3H3,(H,22,23,25). The second-order valence-corrected chi connectivity index (χ2v) is 9.84. The molecule has 2 N–H and O–H groups in total. The van der Waals surface area contributed by atoms with E-state index in [-0.39, 0.29) is 29.2 Å². The van der Waals surface area contributed by atoms with Crippen LogP contribution in [0.5, 0.6) is 0 Å². The van der Waals surface area contributed by atoms with Gasteiger partial charge in [-0.1, -0.05) is 12.1 Å². The highest BCUT2D eigenvalue weighted by molar-refractivity contribution is 7.89. The van der Waals surface area contributed by atoms with E-state index < -0.39 is 15.9 Å². The zero-order valence-corrected chi connectivity index (χ0v) is 18.6. The van der Waals surface area contributed by atoms with E-state index in [0.29, 0.717) is 11.7 Å². The van der Waals surface area contributed by atoms with Crippen molar-refractivity contribution in [3.05, 3.63) is 53.6 Å². The van der Waals surface area contributed by atoms with Gasteiger partial charge in [-0.05, 0) is 32.0 Å². The Morgan fingerprint density at radius 2 is 2.10 bits per heavy atom. The molecule has 0 radical (unpaired) electrons. The van der Waals surface area contributed by atoms with Crippen molar-refractivity contribution in [2.45, 2.75) is 37.5 Å². The maximum Gasteiger partial charge on any atom is 0.257 e. The van der Waals surface area contributed by atoms with Crippen molar-refractivity contribution in [1.29, 1.82) is 0 Å².